The molecule has 1 aliphatic rings. The lowest BCUT2D eigenvalue weighted by Gasteiger charge is -2.23. The van der Waals surface area contributed by atoms with Crippen molar-refractivity contribution in [2.45, 2.75) is 52.2 Å². The van der Waals surface area contributed by atoms with Gasteiger partial charge in [0.05, 0.1) is 18.7 Å². The van der Waals surface area contributed by atoms with Gasteiger partial charge in [0.2, 0.25) is 0 Å². The highest BCUT2D eigenvalue weighted by atomic mass is 16.3. The third kappa shape index (κ3) is 3.98. The Bertz CT molecular complexity index is 1170. The zero-order valence-electron chi connectivity index (χ0n) is 18.9. The molecule has 0 unspecified atom stereocenters. The van der Waals surface area contributed by atoms with Gasteiger partial charge in [-0.3, -0.25) is 9.59 Å². The van der Waals surface area contributed by atoms with Crippen LogP contribution in [0.4, 0.5) is 5.69 Å². The van der Waals surface area contributed by atoms with Gasteiger partial charge in [-0.25, -0.2) is 0 Å². The van der Waals surface area contributed by atoms with Crippen LogP contribution in [-0.4, -0.2) is 16.8 Å². The minimum atomic E-state index is -1.87. The number of carbonyl (C=O) groups is 2. The summed E-state index contributed by atoms with van der Waals surface area (Å²) >= 11 is 0. The van der Waals surface area contributed by atoms with Crippen molar-refractivity contribution in [1.82, 2.24) is 0 Å². The number of hydrogen-bond donors (Lipinski definition) is 1. The van der Waals surface area contributed by atoms with E-state index in [0.29, 0.717) is 23.4 Å². The summed E-state index contributed by atoms with van der Waals surface area (Å²) in [5, 5.41) is 11.5. The van der Waals surface area contributed by atoms with Gasteiger partial charge in [0.15, 0.2) is 11.4 Å². The predicted molar refractivity (Wildman–Crippen MR) is 127 cm³/mol. The summed E-state index contributed by atoms with van der Waals surface area (Å²) < 4.78 is 0. The van der Waals surface area contributed by atoms with Crippen molar-refractivity contribution < 1.29 is 14.7 Å². The molecule has 0 bridgehead atoms. The Kier molecular flexibility index (Phi) is 5.98. The maximum absolute atomic E-state index is 13.5. The fourth-order valence-corrected chi connectivity index (χ4v) is 4.46. The van der Waals surface area contributed by atoms with E-state index < -0.39 is 11.5 Å². The molecule has 0 saturated carbocycles. The Hall–Kier alpha value is -3.24. The lowest BCUT2D eigenvalue weighted by molar-refractivity contribution is -0.136. The lowest BCUT2D eigenvalue weighted by atomic mass is 9.88. The highest BCUT2D eigenvalue weighted by Crippen LogP contribution is 2.43. The van der Waals surface area contributed by atoms with Crippen molar-refractivity contribution in [3.8, 4) is 0 Å². The van der Waals surface area contributed by atoms with Gasteiger partial charge in [0.1, 0.15) is 0 Å². The van der Waals surface area contributed by atoms with Crippen LogP contribution in [0.1, 0.15) is 57.9 Å². The van der Waals surface area contributed by atoms with Crippen LogP contribution in [0.2, 0.25) is 0 Å². The lowest BCUT2D eigenvalue weighted by Crippen LogP contribution is -2.41. The van der Waals surface area contributed by atoms with E-state index in [1.165, 1.54) is 5.56 Å². The molecule has 1 atom stereocenters. The van der Waals surface area contributed by atoms with Gasteiger partial charge in [-0.05, 0) is 43.0 Å². The second-order valence-electron chi connectivity index (χ2n) is 8.75. The summed E-state index contributed by atoms with van der Waals surface area (Å²) in [5.41, 5.74) is 4.19. The summed E-state index contributed by atoms with van der Waals surface area (Å²) in [6, 6.07) is 20.8. The summed E-state index contributed by atoms with van der Waals surface area (Å²) in [7, 11) is 0. The van der Waals surface area contributed by atoms with Crippen LogP contribution in [0.25, 0.3) is 0 Å². The number of aliphatic hydroxyl groups is 1. The Morgan fingerprint density at radius 1 is 1.00 bits per heavy atom. The van der Waals surface area contributed by atoms with E-state index in [4.69, 9.17) is 0 Å². The normalized spacial score (nSPS) is 17.5. The first kappa shape index (κ1) is 22.0. The molecule has 0 aromatic heterocycles. The molecule has 4 heteroatoms. The Balaban J connectivity index is 1.64. The van der Waals surface area contributed by atoms with Crippen molar-refractivity contribution >= 4 is 17.4 Å². The number of amides is 1. The average Bonchev–Trinajstić information content (AvgIpc) is 2.99. The van der Waals surface area contributed by atoms with E-state index in [1.807, 2.05) is 50.2 Å². The molecule has 0 saturated heterocycles. The Morgan fingerprint density at radius 2 is 1.72 bits per heavy atom. The number of nitrogens with zero attached hydrogens (tertiary/aromatic N) is 1. The predicted octanol–water partition coefficient (Wildman–Crippen LogP) is 5.26. The first-order valence-corrected chi connectivity index (χ1v) is 11.2. The molecule has 1 N–H and O–H groups in total. The molecule has 4 rings (SSSR count). The summed E-state index contributed by atoms with van der Waals surface area (Å²) in [6.07, 6.45) is 1.71. The average molecular weight is 428 g/mol. The molecule has 1 aliphatic heterocycles. The zero-order valence-corrected chi connectivity index (χ0v) is 18.9. The van der Waals surface area contributed by atoms with Crippen LogP contribution in [0, 0.1) is 13.8 Å². The van der Waals surface area contributed by atoms with Gasteiger partial charge in [0, 0.05) is 11.1 Å². The van der Waals surface area contributed by atoms with E-state index in [1.54, 1.807) is 29.2 Å². The fourth-order valence-electron chi connectivity index (χ4n) is 4.46. The number of hydrogen-bond acceptors (Lipinski definition) is 3. The molecule has 0 radical (unpaired) electrons. The first-order valence-electron chi connectivity index (χ1n) is 11.2. The smallest absolute Gasteiger partial charge is 0.264 e. The molecule has 0 spiro atoms. The highest BCUT2D eigenvalue weighted by molar-refractivity contribution is 6.10. The molecule has 4 nitrogen and oxygen atoms in total. The number of benzene rings is 3. The molecular weight excluding hydrogens is 398 g/mol. The third-order valence-electron chi connectivity index (χ3n) is 6.30. The minimum Gasteiger partial charge on any atom is -0.375 e. The van der Waals surface area contributed by atoms with Crippen LogP contribution in [0.3, 0.4) is 0 Å². The van der Waals surface area contributed by atoms with Crippen molar-refractivity contribution in [2.24, 2.45) is 0 Å². The fraction of sp³-hybridized carbons (Fsp3) is 0.286. The van der Waals surface area contributed by atoms with Crippen molar-refractivity contribution in [3.63, 3.8) is 0 Å². The van der Waals surface area contributed by atoms with Crippen molar-refractivity contribution in [3.05, 3.63) is 100 Å². The van der Waals surface area contributed by atoms with Gasteiger partial charge in [-0.1, -0.05) is 79.6 Å². The highest BCUT2D eigenvalue weighted by Gasteiger charge is 2.50. The molecule has 3 aromatic carbocycles. The summed E-state index contributed by atoms with van der Waals surface area (Å²) in [6.45, 7) is 6.50. The minimum absolute atomic E-state index is 0.243. The number of para-hydroxylation sites is 1. The molecule has 32 heavy (non-hydrogen) atoms. The van der Waals surface area contributed by atoms with Gasteiger partial charge in [-0.15, -0.1) is 0 Å². The topological polar surface area (TPSA) is 57.6 Å². The standard InChI is InChI=1S/C28H29NO3/c1-4-7-21-12-14-22(15-13-21)26(30)17-28(32)24-8-5-6-9-25(24)29(27(28)31)18-23-16-19(2)10-11-20(23)3/h5-6,8-16,32H,4,7,17-18H2,1-3H3/t28-/m0/s1. The maximum Gasteiger partial charge on any atom is 0.264 e. The van der Waals surface area contributed by atoms with Crippen LogP contribution in [-0.2, 0) is 23.4 Å². The third-order valence-corrected chi connectivity index (χ3v) is 6.30. The number of carbonyl (C=O) groups excluding carboxylic acids is 2. The van der Waals surface area contributed by atoms with Crippen LogP contribution < -0.4 is 4.90 Å². The van der Waals surface area contributed by atoms with Crippen LogP contribution >= 0.6 is 0 Å². The largest absolute Gasteiger partial charge is 0.375 e. The van der Waals surface area contributed by atoms with E-state index in [-0.39, 0.29) is 12.2 Å². The molecular formula is C28H29NO3. The number of rotatable bonds is 7. The van der Waals surface area contributed by atoms with Gasteiger partial charge in [-0.2, -0.15) is 0 Å². The van der Waals surface area contributed by atoms with E-state index in [9.17, 15) is 14.7 Å². The maximum atomic E-state index is 13.5. The monoisotopic (exact) mass is 427 g/mol. The molecule has 1 heterocycles. The van der Waals surface area contributed by atoms with E-state index >= 15 is 0 Å². The Morgan fingerprint density at radius 3 is 2.44 bits per heavy atom. The number of anilines is 1. The van der Waals surface area contributed by atoms with Gasteiger partial charge < -0.3 is 10.0 Å². The molecule has 3 aromatic rings. The summed E-state index contributed by atoms with van der Waals surface area (Å²) in [5.74, 6) is -0.692. The second kappa shape index (κ2) is 8.71. The quantitative estimate of drug-likeness (QED) is 0.523. The number of aryl methyl sites for hydroxylation is 3. The van der Waals surface area contributed by atoms with Crippen LogP contribution in [0.5, 0.6) is 0 Å². The molecule has 164 valence electrons. The zero-order chi connectivity index (χ0) is 22.9. The first-order chi connectivity index (χ1) is 15.3. The van der Waals surface area contributed by atoms with E-state index in [2.05, 4.69) is 13.0 Å². The number of fused-ring (bicyclic) bond motifs is 1. The van der Waals surface area contributed by atoms with Crippen molar-refractivity contribution in [2.75, 3.05) is 4.90 Å². The van der Waals surface area contributed by atoms with Gasteiger partial charge >= 0.3 is 0 Å². The number of ketones is 1. The number of Topliss-reactive ketones (excluding diaryl/α,β-unsaturated/α-hetero) is 1. The molecule has 0 aliphatic carbocycles. The van der Waals surface area contributed by atoms with Gasteiger partial charge in [0.25, 0.3) is 5.91 Å². The molecule has 0 fully saturated rings. The second-order valence-corrected chi connectivity index (χ2v) is 8.75. The molecule has 1 amide bonds. The van der Waals surface area contributed by atoms with Crippen molar-refractivity contribution in [1.29, 1.82) is 0 Å². The van der Waals surface area contributed by atoms with E-state index in [0.717, 1.165) is 29.5 Å². The SMILES string of the molecule is CCCc1ccc(C(=O)C[C@@]2(O)C(=O)N(Cc3cc(C)ccc3C)c3ccccc32)cc1. The van der Waals surface area contributed by atoms with Crippen LogP contribution in [0.15, 0.2) is 66.7 Å². The summed E-state index contributed by atoms with van der Waals surface area (Å²) in [4.78, 5) is 28.2. The Labute approximate surface area is 189 Å².